The Kier molecular flexibility index (Phi) is 5.70. The van der Waals surface area contributed by atoms with Crippen LogP contribution >= 0.6 is 0 Å². The Morgan fingerprint density at radius 2 is 1.92 bits per heavy atom. The van der Waals surface area contributed by atoms with Gasteiger partial charge in [0.2, 0.25) is 5.91 Å². The number of amides is 1. The average molecular weight is 348 g/mol. The van der Waals surface area contributed by atoms with Gasteiger partial charge in [-0.25, -0.2) is 9.97 Å². The monoisotopic (exact) mass is 348 g/mol. The van der Waals surface area contributed by atoms with Gasteiger partial charge in [0.1, 0.15) is 18.0 Å². The van der Waals surface area contributed by atoms with Crippen LogP contribution in [0.1, 0.15) is 12.8 Å². The summed E-state index contributed by atoms with van der Waals surface area (Å²) in [5.74, 6) is 1.96. The zero-order chi connectivity index (χ0) is 17.8. The number of carbonyl (C=O) groups is 1. The number of likely N-dealkylation sites (N-methyl/N-ethyl adjacent to an activating group) is 1. The third kappa shape index (κ3) is 4.19. The van der Waals surface area contributed by atoms with Crippen molar-refractivity contribution in [1.82, 2.24) is 19.8 Å². The molecule has 2 fully saturated rings. The molecule has 1 aromatic rings. The van der Waals surface area contributed by atoms with E-state index in [1.165, 1.54) is 0 Å². The van der Waals surface area contributed by atoms with E-state index in [-0.39, 0.29) is 18.6 Å². The number of aromatic nitrogens is 2. The first-order chi connectivity index (χ1) is 12.1. The van der Waals surface area contributed by atoms with Crippen LogP contribution in [0.25, 0.3) is 0 Å². The van der Waals surface area contributed by atoms with E-state index in [0.29, 0.717) is 6.54 Å². The molecule has 0 spiro atoms. The van der Waals surface area contributed by atoms with Gasteiger partial charge in [-0.15, -0.1) is 0 Å². The van der Waals surface area contributed by atoms with Gasteiger partial charge in [0.05, 0.1) is 19.2 Å². The molecule has 3 heterocycles. The van der Waals surface area contributed by atoms with Gasteiger partial charge in [-0.3, -0.25) is 4.79 Å². The Labute approximate surface area is 149 Å². The normalized spacial score (nSPS) is 21.3. The fourth-order valence-electron chi connectivity index (χ4n) is 3.55. The summed E-state index contributed by atoms with van der Waals surface area (Å²) >= 11 is 0. The summed E-state index contributed by atoms with van der Waals surface area (Å²) in [6, 6.07) is 2.16. The molecule has 0 aromatic carbocycles. The quantitative estimate of drug-likeness (QED) is 0.779. The molecule has 1 aromatic heterocycles. The lowest BCUT2D eigenvalue weighted by atomic mass is 10.2. The van der Waals surface area contributed by atoms with Gasteiger partial charge in [-0.1, -0.05) is 0 Å². The topological polar surface area (TPSA) is 76.0 Å². The summed E-state index contributed by atoms with van der Waals surface area (Å²) < 4.78 is 0. The van der Waals surface area contributed by atoms with E-state index in [2.05, 4.69) is 19.8 Å². The minimum Gasteiger partial charge on any atom is -0.394 e. The van der Waals surface area contributed by atoms with Gasteiger partial charge < -0.3 is 24.7 Å². The fraction of sp³-hybridized carbons (Fsp3) is 0.706. The highest BCUT2D eigenvalue weighted by Crippen LogP contribution is 2.26. The van der Waals surface area contributed by atoms with E-state index in [9.17, 15) is 9.90 Å². The van der Waals surface area contributed by atoms with Crippen molar-refractivity contribution in [2.24, 2.45) is 0 Å². The van der Waals surface area contributed by atoms with E-state index in [1.807, 2.05) is 30.0 Å². The molecule has 0 saturated carbocycles. The minimum absolute atomic E-state index is 0.156. The van der Waals surface area contributed by atoms with Crippen LogP contribution in [0, 0.1) is 0 Å². The minimum atomic E-state index is 0.156. The van der Waals surface area contributed by atoms with Crippen LogP contribution in [0.3, 0.4) is 0 Å². The number of nitrogens with zero attached hydrogens (tertiary/aromatic N) is 6. The van der Waals surface area contributed by atoms with Crippen molar-refractivity contribution in [2.75, 3.05) is 69.8 Å². The second-order valence-electron chi connectivity index (χ2n) is 7.01. The maximum Gasteiger partial charge on any atom is 0.236 e. The number of piperazine rings is 1. The lowest BCUT2D eigenvalue weighted by Gasteiger charge is -2.36. The van der Waals surface area contributed by atoms with Crippen molar-refractivity contribution in [3.05, 3.63) is 12.4 Å². The zero-order valence-electron chi connectivity index (χ0n) is 15.1. The first-order valence-corrected chi connectivity index (χ1v) is 8.95. The lowest BCUT2D eigenvalue weighted by molar-refractivity contribution is -0.132. The molecule has 2 saturated heterocycles. The highest BCUT2D eigenvalue weighted by Gasteiger charge is 2.26. The maximum absolute atomic E-state index is 12.2. The highest BCUT2D eigenvalue weighted by molar-refractivity contribution is 5.78. The van der Waals surface area contributed by atoms with Crippen LogP contribution in [0.15, 0.2) is 12.4 Å². The maximum atomic E-state index is 12.2. The lowest BCUT2D eigenvalue weighted by Crippen LogP contribution is -2.51. The summed E-state index contributed by atoms with van der Waals surface area (Å²) in [7, 11) is 3.82. The molecule has 0 bridgehead atoms. The summed E-state index contributed by atoms with van der Waals surface area (Å²) in [5, 5.41) is 9.52. The van der Waals surface area contributed by atoms with E-state index >= 15 is 0 Å². The molecule has 1 N–H and O–H groups in total. The number of anilines is 2. The number of aliphatic hydroxyl groups excluding tert-OH is 1. The molecular formula is C17H28N6O2. The predicted molar refractivity (Wildman–Crippen MR) is 96.8 cm³/mol. The molecule has 1 amide bonds. The van der Waals surface area contributed by atoms with Gasteiger partial charge in [0, 0.05) is 38.8 Å². The molecule has 0 radical (unpaired) electrons. The van der Waals surface area contributed by atoms with Crippen molar-refractivity contribution >= 4 is 17.5 Å². The van der Waals surface area contributed by atoms with Crippen molar-refractivity contribution in [2.45, 2.75) is 18.9 Å². The summed E-state index contributed by atoms with van der Waals surface area (Å²) in [6.45, 7) is 4.53. The number of rotatable bonds is 5. The predicted octanol–water partition coefficient (Wildman–Crippen LogP) is -0.352. The first-order valence-electron chi connectivity index (χ1n) is 8.95. The van der Waals surface area contributed by atoms with E-state index in [0.717, 1.165) is 57.2 Å². The third-order valence-corrected chi connectivity index (χ3v) is 4.93. The van der Waals surface area contributed by atoms with Gasteiger partial charge >= 0.3 is 0 Å². The van der Waals surface area contributed by atoms with Crippen LogP contribution in [0.2, 0.25) is 0 Å². The second-order valence-corrected chi connectivity index (χ2v) is 7.01. The molecule has 1 atom stereocenters. The third-order valence-electron chi connectivity index (χ3n) is 4.93. The largest absolute Gasteiger partial charge is 0.394 e. The number of aliphatic hydroxyl groups is 1. The fourth-order valence-corrected chi connectivity index (χ4v) is 3.55. The van der Waals surface area contributed by atoms with Gasteiger partial charge in [-0.2, -0.15) is 0 Å². The van der Waals surface area contributed by atoms with E-state index < -0.39 is 0 Å². The Balaban J connectivity index is 1.62. The van der Waals surface area contributed by atoms with Crippen LogP contribution in [0.5, 0.6) is 0 Å². The molecule has 2 aliphatic rings. The second kappa shape index (κ2) is 7.97. The average Bonchev–Trinajstić information content (AvgIpc) is 3.10. The Morgan fingerprint density at radius 1 is 1.20 bits per heavy atom. The van der Waals surface area contributed by atoms with Crippen molar-refractivity contribution in [3.63, 3.8) is 0 Å². The SMILES string of the molecule is CN(C)CC(=O)N1CCN(c2cc(N3CCC[C@H]3CO)ncn2)CC1. The Hall–Kier alpha value is -1.93. The molecule has 8 nitrogen and oxygen atoms in total. The standard InChI is InChI=1S/C17H28N6O2/c1-20(2)11-17(25)22-8-6-21(7-9-22)15-10-16(19-13-18-15)23-5-3-4-14(23)12-24/h10,13-14,24H,3-9,11-12H2,1-2H3/t14-/m0/s1. The van der Waals surface area contributed by atoms with E-state index in [4.69, 9.17) is 0 Å². The summed E-state index contributed by atoms with van der Waals surface area (Å²) in [6.07, 6.45) is 3.68. The Morgan fingerprint density at radius 3 is 2.60 bits per heavy atom. The summed E-state index contributed by atoms with van der Waals surface area (Å²) in [5.41, 5.74) is 0. The Bertz CT molecular complexity index is 588. The molecule has 0 unspecified atom stereocenters. The van der Waals surface area contributed by atoms with E-state index in [1.54, 1.807) is 6.33 Å². The van der Waals surface area contributed by atoms with Gasteiger partial charge in [0.15, 0.2) is 0 Å². The molecule has 8 heteroatoms. The molecule has 2 aliphatic heterocycles. The van der Waals surface area contributed by atoms with Crippen LogP contribution < -0.4 is 9.80 Å². The molecule has 138 valence electrons. The number of hydrogen-bond donors (Lipinski definition) is 1. The molecule has 25 heavy (non-hydrogen) atoms. The molecule has 0 aliphatic carbocycles. The van der Waals surface area contributed by atoms with Crippen molar-refractivity contribution in [1.29, 1.82) is 0 Å². The van der Waals surface area contributed by atoms with Crippen LogP contribution in [0.4, 0.5) is 11.6 Å². The van der Waals surface area contributed by atoms with Crippen molar-refractivity contribution in [3.8, 4) is 0 Å². The zero-order valence-corrected chi connectivity index (χ0v) is 15.1. The van der Waals surface area contributed by atoms with Crippen LogP contribution in [-0.2, 0) is 4.79 Å². The van der Waals surface area contributed by atoms with Crippen molar-refractivity contribution < 1.29 is 9.90 Å². The molecular weight excluding hydrogens is 320 g/mol. The number of hydrogen-bond acceptors (Lipinski definition) is 7. The smallest absolute Gasteiger partial charge is 0.236 e. The first kappa shape index (κ1) is 17.9. The summed E-state index contributed by atoms with van der Waals surface area (Å²) in [4.78, 5) is 29.2. The molecule has 3 rings (SSSR count). The van der Waals surface area contributed by atoms with Gasteiger partial charge in [-0.05, 0) is 26.9 Å². The highest BCUT2D eigenvalue weighted by atomic mass is 16.3. The number of carbonyl (C=O) groups excluding carboxylic acids is 1. The van der Waals surface area contributed by atoms with Gasteiger partial charge in [0.25, 0.3) is 0 Å². The van der Waals surface area contributed by atoms with Crippen LogP contribution in [-0.4, -0.2) is 96.8 Å².